The first-order valence-corrected chi connectivity index (χ1v) is 5.42. The Labute approximate surface area is 104 Å². The number of aliphatic hydroxyl groups excluding tert-OH is 4. The van der Waals surface area contributed by atoms with E-state index < -0.39 is 37.3 Å². The second-order valence-electron chi connectivity index (χ2n) is 3.65. The fourth-order valence-corrected chi connectivity index (χ4v) is 1.58. The van der Waals surface area contributed by atoms with Crippen LogP contribution in [0.1, 0.15) is 0 Å². The highest BCUT2D eigenvalue weighted by atomic mass is 32.1. The quantitative estimate of drug-likeness (QED) is 0.204. The van der Waals surface area contributed by atoms with Crippen molar-refractivity contribution < 1.29 is 25.2 Å². The van der Waals surface area contributed by atoms with Crippen LogP contribution in [0.4, 0.5) is 0 Å². The molecular weight excluding hydrogens is 250 g/mol. The zero-order valence-electron chi connectivity index (χ0n) is 9.25. The number of aliphatic hydroxyl groups is 4. The van der Waals surface area contributed by atoms with Gasteiger partial charge in [-0.15, -0.1) is 0 Å². The van der Waals surface area contributed by atoms with Crippen LogP contribution in [-0.2, 0) is 4.74 Å². The van der Waals surface area contributed by atoms with Gasteiger partial charge in [-0.3, -0.25) is 5.43 Å². The Hall–Kier alpha value is -0.550. The Morgan fingerprint density at radius 1 is 1.41 bits per heavy atom. The van der Waals surface area contributed by atoms with Gasteiger partial charge < -0.3 is 30.5 Å². The highest BCUT2D eigenvalue weighted by molar-refractivity contribution is 7.80. The van der Waals surface area contributed by atoms with Gasteiger partial charge in [-0.25, -0.2) is 0 Å². The van der Waals surface area contributed by atoms with E-state index in [9.17, 15) is 15.3 Å². The molecule has 7 N–H and O–H groups in total. The van der Waals surface area contributed by atoms with Crippen molar-refractivity contribution in [3.8, 4) is 0 Å². The van der Waals surface area contributed by atoms with Crippen LogP contribution in [0.3, 0.4) is 0 Å². The Morgan fingerprint density at radius 2 is 2.06 bits per heavy atom. The second-order valence-corrected chi connectivity index (χ2v) is 4.06. The lowest BCUT2D eigenvalue weighted by Crippen LogP contribution is -2.63. The molecule has 0 aromatic heterocycles. The van der Waals surface area contributed by atoms with Crippen LogP contribution in [0.5, 0.6) is 0 Å². The van der Waals surface area contributed by atoms with Gasteiger partial charge in [0, 0.05) is 7.05 Å². The zero-order valence-corrected chi connectivity index (χ0v) is 10.1. The zero-order chi connectivity index (χ0) is 13.1. The van der Waals surface area contributed by atoms with Crippen LogP contribution < -0.4 is 16.2 Å². The fourth-order valence-electron chi connectivity index (χ4n) is 1.53. The van der Waals surface area contributed by atoms with Crippen molar-refractivity contribution in [1.29, 1.82) is 0 Å². The van der Waals surface area contributed by atoms with Gasteiger partial charge in [0.1, 0.15) is 18.3 Å². The summed E-state index contributed by atoms with van der Waals surface area (Å²) < 4.78 is 5.21. The lowest BCUT2D eigenvalue weighted by Gasteiger charge is -2.31. The van der Waals surface area contributed by atoms with Gasteiger partial charge in [0.05, 0.1) is 13.2 Å². The first-order valence-electron chi connectivity index (χ1n) is 5.01. The molecule has 1 saturated heterocycles. The highest BCUT2D eigenvalue weighted by Gasteiger charge is 2.54. The Kier molecular flexibility index (Phi) is 5.01. The van der Waals surface area contributed by atoms with E-state index in [2.05, 4.69) is 16.2 Å². The van der Waals surface area contributed by atoms with E-state index in [0.717, 1.165) is 0 Å². The average Bonchev–Trinajstić information content (AvgIpc) is 2.60. The number of hydrogen-bond donors (Lipinski definition) is 7. The van der Waals surface area contributed by atoms with E-state index in [0.29, 0.717) is 0 Å². The van der Waals surface area contributed by atoms with Gasteiger partial charge in [0.2, 0.25) is 0 Å². The SMILES string of the molecule is CNC(=S)NN[C@]1(CO)O[C@H](CO)[C@@H](O)[C@H]1O. The summed E-state index contributed by atoms with van der Waals surface area (Å²) >= 11 is 4.80. The van der Waals surface area contributed by atoms with Crippen molar-refractivity contribution in [1.82, 2.24) is 16.2 Å². The van der Waals surface area contributed by atoms with Crippen molar-refractivity contribution in [2.24, 2.45) is 0 Å². The van der Waals surface area contributed by atoms with Crippen LogP contribution in [0.25, 0.3) is 0 Å². The van der Waals surface area contributed by atoms with Gasteiger partial charge in [0.25, 0.3) is 0 Å². The first-order chi connectivity index (χ1) is 8.00. The predicted octanol–water partition coefficient (Wildman–Crippen LogP) is -3.61. The van der Waals surface area contributed by atoms with Gasteiger partial charge >= 0.3 is 0 Å². The van der Waals surface area contributed by atoms with Crippen molar-refractivity contribution in [2.75, 3.05) is 20.3 Å². The van der Waals surface area contributed by atoms with Crippen LogP contribution >= 0.6 is 12.2 Å². The van der Waals surface area contributed by atoms with Gasteiger partial charge in [0.15, 0.2) is 10.8 Å². The summed E-state index contributed by atoms with van der Waals surface area (Å²) in [6.07, 6.45) is -3.68. The number of hydrogen-bond acceptors (Lipinski definition) is 7. The van der Waals surface area contributed by atoms with E-state index in [1.807, 2.05) is 0 Å². The third-order valence-electron chi connectivity index (χ3n) is 2.57. The Morgan fingerprint density at radius 3 is 2.47 bits per heavy atom. The molecule has 0 bridgehead atoms. The molecule has 0 aliphatic carbocycles. The molecule has 100 valence electrons. The molecule has 1 aliphatic rings. The summed E-state index contributed by atoms with van der Waals surface area (Å²) in [6.45, 7) is -1.08. The smallest absolute Gasteiger partial charge is 0.187 e. The molecule has 0 aromatic rings. The predicted molar refractivity (Wildman–Crippen MR) is 61.7 cm³/mol. The maximum absolute atomic E-state index is 9.78. The maximum Gasteiger partial charge on any atom is 0.187 e. The second kappa shape index (κ2) is 5.87. The molecule has 4 atom stereocenters. The highest BCUT2D eigenvalue weighted by Crippen LogP contribution is 2.28. The van der Waals surface area contributed by atoms with Crippen LogP contribution in [-0.4, -0.2) is 69.8 Å². The molecule has 1 fully saturated rings. The maximum atomic E-state index is 9.78. The van der Waals surface area contributed by atoms with E-state index in [1.165, 1.54) is 0 Å². The number of rotatable bonds is 4. The lowest BCUT2D eigenvalue weighted by atomic mass is 10.0. The molecule has 8 nitrogen and oxygen atoms in total. The summed E-state index contributed by atoms with van der Waals surface area (Å²) in [5, 5.41) is 40.4. The Bertz CT molecular complexity index is 282. The molecule has 1 rings (SSSR count). The van der Waals surface area contributed by atoms with Crippen molar-refractivity contribution in [3.05, 3.63) is 0 Å². The van der Waals surface area contributed by atoms with Crippen molar-refractivity contribution >= 4 is 17.3 Å². The molecule has 0 spiro atoms. The third-order valence-corrected chi connectivity index (χ3v) is 2.88. The topological polar surface area (TPSA) is 126 Å². The summed E-state index contributed by atoms with van der Waals surface area (Å²) in [7, 11) is 1.58. The molecule has 0 saturated carbocycles. The molecule has 0 unspecified atom stereocenters. The molecule has 0 amide bonds. The third kappa shape index (κ3) is 2.83. The molecular formula is C8H17N3O5S. The minimum absolute atomic E-state index is 0.218. The summed E-state index contributed by atoms with van der Waals surface area (Å²) in [4.78, 5) is 0. The van der Waals surface area contributed by atoms with Gasteiger partial charge in [-0.1, -0.05) is 0 Å². The number of ether oxygens (including phenoxy) is 1. The molecule has 9 heteroatoms. The van der Waals surface area contributed by atoms with E-state index >= 15 is 0 Å². The summed E-state index contributed by atoms with van der Waals surface area (Å²) in [5.41, 5.74) is 3.37. The number of thiocarbonyl (C=S) groups is 1. The molecule has 1 aliphatic heterocycles. The van der Waals surface area contributed by atoms with Gasteiger partial charge in [-0.2, -0.15) is 5.43 Å². The van der Waals surface area contributed by atoms with E-state index in [1.54, 1.807) is 7.05 Å². The normalized spacial score (nSPS) is 36.9. The molecule has 17 heavy (non-hydrogen) atoms. The molecule has 0 radical (unpaired) electrons. The van der Waals surface area contributed by atoms with Crippen LogP contribution in [0.2, 0.25) is 0 Å². The average molecular weight is 267 g/mol. The van der Waals surface area contributed by atoms with E-state index in [-0.39, 0.29) is 5.11 Å². The lowest BCUT2D eigenvalue weighted by molar-refractivity contribution is -0.142. The number of hydrazine groups is 1. The standard InChI is InChI=1S/C8H17N3O5S/c1-9-7(17)10-11-8(3-13)6(15)5(14)4(2-12)16-8/h4-6,11-15H,2-3H2,1H3,(H2,9,10,17)/t4-,5-,6-,8-/m1/s1. The number of nitrogens with one attached hydrogen (secondary N) is 3. The first kappa shape index (κ1) is 14.5. The summed E-state index contributed by atoms with van der Waals surface area (Å²) in [6, 6.07) is 0. The fraction of sp³-hybridized carbons (Fsp3) is 0.875. The molecule has 0 aromatic carbocycles. The van der Waals surface area contributed by atoms with E-state index in [4.69, 9.17) is 22.1 Å². The molecule has 1 heterocycles. The van der Waals surface area contributed by atoms with Gasteiger partial charge in [-0.05, 0) is 12.2 Å². The Balaban J connectivity index is 2.71. The largest absolute Gasteiger partial charge is 0.394 e. The van der Waals surface area contributed by atoms with Crippen molar-refractivity contribution in [2.45, 2.75) is 24.0 Å². The minimum Gasteiger partial charge on any atom is -0.394 e. The minimum atomic E-state index is -1.62. The van der Waals surface area contributed by atoms with Crippen LogP contribution in [0, 0.1) is 0 Å². The van der Waals surface area contributed by atoms with Crippen LogP contribution in [0.15, 0.2) is 0 Å². The monoisotopic (exact) mass is 267 g/mol. The summed E-state index contributed by atoms with van der Waals surface area (Å²) in [5.74, 6) is 0. The van der Waals surface area contributed by atoms with Crippen molar-refractivity contribution in [3.63, 3.8) is 0 Å².